The van der Waals surface area contributed by atoms with Crippen molar-refractivity contribution in [1.82, 2.24) is 4.90 Å². The van der Waals surface area contributed by atoms with Crippen LogP contribution in [0.5, 0.6) is 0 Å². The highest BCUT2D eigenvalue weighted by molar-refractivity contribution is 5.81. The molecule has 3 heteroatoms. The van der Waals surface area contributed by atoms with Crippen molar-refractivity contribution in [3.8, 4) is 0 Å². The van der Waals surface area contributed by atoms with Gasteiger partial charge in [0.05, 0.1) is 12.1 Å². The average Bonchev–Trinajstić information content (AvgIpc) is 3.19. The van der Waals surface area contributed by atoms with Crippen LogP contribution in [0, 0.1) is 5.92 Å². The molecule has 0 spiro atoms. The first-order valence-corrected chi connectivity index (χ1v) is 7.87. The standard InChI is InChI=1S/C15H27N3/c1-2-15(12-9-10-12)11-17-14(16)18(15)13-7-5-3-4-6-8-13/h12-13H,2-11H2,1H3,(H2,16,17). The highest BCUT2D eigenvalue weighted by Gasteiger charge is 2.53. The molecule has 0 bridgehead atoms. The van der Waals surface area contributed by atoms with Gasteiger partial charge in [-0.1, -0.05) is 32.6 Å². The molecule has 0 aromatic heterocycles. The van der Waals surface area contributed by atoms with Crippen molar-refractivity contribution in [2.75, 3.05) is 6.54 Å². The smallest absolute Gasteiger partial charge is 0.192 e. The third-order valence-corrected chi connectivity index (χ3v) is 5.38. The molecule has 0 aromatic rings. The number of hydrogen-bond donors (Lipinski definition) is 1. The van der Waals surface area contributed by atoms with E-state index >= 15 is 0 Å². The molecular formula is C15H27N3. The summed E-state index contributed by atoms with van der Waals surface area (Å²) in [6, 6.07) is 0.666. The Hall–Kier alpha value is -0.730. The van der Waals surface area contributed by atoms with Crippen LogP contribution in [0.3, 0.4) is 0 Å². The fourth-order valence-corrected chi connectivity index (χ4v) is 4.18. The van der Waals surface area contributed by atoms with E-state index in [-0.39, 0.29) is 0 Å². The van der Waals surface area contributed by atoms with Gasteiger partial charge in [-0.3, -0.25) is 4.99 Å². The van der Waals surface area contributed by atoms with Crippen LogP contribution in [-0.2, 0) is 0 Å². The van der Waals surface area contributed by atoms with Crippen molar-refractivity contribution in [3.05, 3.63) is 0 Å². The summed E-state index contributed by atoms with van der Waals surface area (Å²) < 4.78 is 0. The molecule has 102 valence electrons. The van der Waals surface area contributed by atoms with Crippen LogP contribution in [-0.4, -0.2) is 29.0 Å². The van der Waals surface area contributed by atoms with E-state index in [1.165, 1.54) is 57.8 Å². The first-order chi connectivity index (χ1) is 8.78. The molecule has 1 unspecified atom stereocenters. The number of nitrogens with two attached hydrogens (primary N) is 1. The molecule has 0 aromatic carbocycles. The topological polar surface area (TPSA) is 41.6 Å². The van der Waals surface area contributed by atoms with Gasteiger partial charge in [-0.05, 0) is 38.0 Å². The highest BCUT2D eigenvalue weighted by atomic mass is 15.4. The minimum absolute atomic E-state index is 0.291. The fourth-order valence-electron chi connectivity index (χ4n) is 4.18. The van der Waals surface area contributed by atoms with Crippen molar-refractivity contribution in [3.63, 3.8) is 0 Å². The van der Waals surface area contributed by atoms with E-state index in [0.29, 0.717) is 11.6 Å². The van der Waals surface area contributed by atoms with Crippen molar-refractivity contribution in [1.29, 1.82) is 0 Å². The number of guanidine groups is 1. The molecule has 2 aliphatic carbocycles. The summed E-state index contributed by atoms with van der Waals surface area (Å²) in [5.74, 6) is 1.70. The van der Waals surface area contributed by atoms with Gasteiger partial charge >= 0.3 is 0 Å². The summed E-state index contributed by atoms with van der Waals surface area (Å²) in [4.78, 5) is 7.19. The second-order valence-electron chi connectivity index (χ2n) is 6.42. The van der Waals surface area contributed by atoms with E-state index in [1.807, 2.05) is 0 Å². The van der Waals surface area contributed by atoms with Crippen molar-refractivity contribution in [2.45, 2.75) is 76.3 Å². The van der Waals surface area contributed by atoms with Gasteiger partial charge in [-0.2, -0.15) is 0 Å². The zero-order valence-electron chi connectivity index (χ0n) is 11.7. The third-order valence-electron chi connectivity index (χ3n) is 5.38. The summed E-state index contributed by atoms with van der Waals surface area (Å²) in [5.41, 5.74) is 6.54. The van der Waals surface area contributed by atoms with Gasteiger partial charge in [0.25, 0.3) is 0 Å². The molecule has 1 heterocycles. The van der Waals surface area contributed by atoms with Crippen LogP contribution in [0.15, 0.2) is 4.99 Å². The van der Waals surface area contributed by atoms with E-state index < -0.39 is 0 Å². The van der Waals surface area contributed by atoms with Crippen molar-refractivity contribution >= 4 is 5.96 Å². The lowest BCUT2D eigenvalue weighted by Crippen LogP contribution is -2.57. The van der Waals surface area contributed by atoms with Crippen LogP contribution in [0.4, 0.5) is 0 Å². The first kappa shape index (κ1) is 12.3. The van der Waals surface area contributed by atoms with Gasteiger partial charge < -0.3 is 10.6 Å². The Morgan fingerprint density at radius 1 is 1.17 bits per heavy atom. The monoisotopic (exact) mass is 249 g/mol. The average molecular weight is 249 g/mol. The minimum Gasteiger partial charge on any atom is -0.370 e. The molecule has 0 saturated heterocycles. The predicted molar refractivity (Wildman–Crippen MR) is 75.6 cm³/mol. The quantitative estimate of drug-likeness (QED) is 0.781. The van der Waals surface area contributed by atoms with E-state index in [1.54, 1.807) is 0 Å². The van der Waals surface area contributed by atoms with Gasteiger partial charge in [-0.15, -0.1) is 0 Å². The Balaban J connectivity index is 1.83. The number of hydrogen-bond acceptors (Lipinski definition) is 3. The summed E-state index contributed by atoms with van der Waals surface area (Å²) >= 11 is 0. The first-order valence-electron chi connectivity index (χ1n) is 7.87. The molecular weight excluding hydrogens is 222 g/mol. The molecule has 0 amide bonds. The fraction of sp³-hybridized carbons (Fsp3) is 0.933. The predicted octanol–water partition coefficient (Wildman–Crippen LogP) is 2.90. The van der Waals surface area contributed by atoms with Crippen molar-refractivity contribution < 1.29 is 0 Å². The van der Waals surface area contributed by atoms with Gasteiger partial charge in [0.1, 0.15) is 0 Å². The summed E-state index contributed by atoms with van der Waals surface area (Å²) in [6.45, 7) is 3.28. The van der Waals surface area contributed by atoms with E-state index in [0.717, 1.165) is 18.4 Å². The van der Waals surface area contributed by atoms with Gasteiger partial charge in [0.15, 0.2) is 5.96 Å². The summed E-state index contributed by atoms with van der Waals surface area (Å²) in [6.07, 6.45) is 12.2. The molecule has 3 rings (SSSR count). The lowest BCUT2D eigenvalue weighted by molar-refractivity contribution is 0.108. The number of aliphatic imine (C=N–C) groups is 1. The normalized spacial score (nSPS) is 34.5. The second-order valence-corrected chi connectivity index (χ2v) is 6.42. The van der Waals surface area contributed by atoms with Crippen LogP contribution in [0.25, 0.3) is 0 Å². The largest absolute Gasteiger partial charge is 0.370 e. The highest BCUT2D eigenvalue weighted by Crippen LogP contribution is 2.48. The van der Waals surface area contributed by atoms with Gasteiger partial charge in [0.2, 0.25) is 0 Å². The summed E-state index contributed by atoms with van der Waals surface area (Å²) in [5, 5.41) is 0. The molecule has 3 nitrogen and oxygen atoms in total. The molecule has 1 atom stereocenters. The van der Waals surface area contributed by atoms with Gasteiger partial charge in [0, 0.05) is 6.04 Å². The SMILES string of the molecule is CCC1(C2CC2)CN=C(N)N1C1CCCCCC1. The van der Waals surface area contributed by atoms with Crippen LogP contribution >= 0.6 is 0 Å². The molecule has 3 aliphatic rings. The number of rotatable bonds is 3. The molecule has 1 aliphatic heterocycles. The van der Waals surface area contributed by atoms with E-state index in [9.17, 15) is 0 Å². The zero-order valence-corrected chi connectivity index (χ0v) is 11.7. The van der Waals surface area contributed by atoms with Crippen LogP contribution in [0.1, 0.15) is 64.7 Å². The maximum absolute atomic E-state index is 6.25. The lowest BCUT2D eigenvalue weighted by Gasteiger charge is -2.44. The maximum Gasteiger partial charge on any atom is 0.192 e. The van der Waals surface area contributed by atoms with Crippen molar-refractivity contribution in [2.24, 2.45) is 16.6 Å². The molecule has 0 radical (unpaired) electrons. The molecule has 18 heavy (non-hydrogen) atoms. The van der Waals surface area contributed by atoms with E-state index in [4.69, 9.17) is 5.73 Å². The molecule has 2 N–H and O–H groups in total. The van der Waals surface area contributed by atoms with Gasteiger partial charge in [-0.25, -0.2) is 0 Å². The molecule has 2 fully saturated rings. The van der Waals surface area contributed by atoms with Crippen LogP contribution < -0.4 is 5.73 Å². The second kappa shape index (κ2) is 4.75. The Labute approximate surface area is 111 Å². The van der Waals surface area contributed by atoms with E-state index in [2.05, 4.69) is 16.8 Å². The summed E-state index contributed by atoms with van der Waals surface area (Å²) in [7, 11) is 0. The third kappa shape index (κ3) is 1.92. The van der Waals surface area contributed by atoms with Crippen LogP contribution in [0.2, 0.25) is 0 Å². The lowest BCUT2D eigenvalue weighted by atomic mass is 9.86. The Morgan fingerprint density at radius 2 is 1.83 bits per heavy atom. The molecule has 2 saturated carbocycles. The number of nitrogens with zero attached hydrogens (tertiary/aromatic N) is 2. The Kier molecular flexibility index (Phi) is 3.25. The minimum atomic E-state index is 0.291. The Bertz CT molecular complexity index is 327. The zero-order chi connectivity index (χ0) is 12.6. The maximum atomic E-state index is 6.25. The Morgan fingerprint density at radius 3 is 2.39 bits per heavy atom.